The van der Waals surface area contributed by atoms with Gasteiger partial charge < -0.3 is 9.47 Å². The Morgan fingerprint density at radius 2 is 1.68 bits per heavy atom. The molecule has 28 heavy (non-hydrogen) atoms. The number of hydrogen-bond donors (Lipinski definition) is 0. The second-order valence-corrected chi connectivity index (χ2v) is 7.20. The van der Waals surface area contributed by atoms with Crippen LogP contribution in [0.25, 0.3) is 16.7 Å². The molecule has 0 radical (unpaired) electrons. The molecule has 3 rings (SSSR count). The van der Waals surface area contributed by atoms with E-state index in [-0.39, 0.29) is 0 Å². The minimum absolute atomic E-state index is 0.826. The van der Waals surface area contributed by atoms with Crippen molar-refractivity contribution in [3.63, 3.8) is 0 Å². The van der Waals surface area contributed by atoms with Gasteiger partial charge in [0.25, 0.3) is 0 Å². The molecular weight excluding hydrogens is 344 g/mol. The summed E-state index contributed by atoms with van der Waals surface area (Å²) >= 11 is 0. The van der Waals surface area contributed by atoms with Crippen molar-refractivity contribution in [2.45, 2.75) is 68.2 Å². The smallest absolute Gasteiger partial charge is 0.150 e. The number of aromatic nitrogens is 3. The maximum atomic E-state index is 4.83. The van der Waals surface area contributed by atoms with E-state index in [4.69, 9.17) is 9.97 Å². The standard InChI is InChI=1S/C22H30N4.C2H6/c1-7-9-12-25(8-2)21-20-17(5)14-26(22(20)24-18(6)23-21)19-11-10-15(3)13-16(19)4;1-2/h10-11,13-14H,7-9,12H2,1-6H3;1-2H3. The average molecular weight is 381 g/mol. The van der Waals surface area contributed by atoms with E-state index in [1.165, 1.54) is 40.6 Å². The number of anilines is 1. The van der Waals surface area contributed by atoms with Crippen LogP contribution in [0.4, 0.5) is 5.82 Å². The predicted octanol–water partition coefficient (Wildman–Crippen LogP) is 6.31. The van der Waals surface area contributed by atoms with Crippen molar-refractivity contribution < 1.29 is 0 Å². The molecule has 2 aromatic heterocycles. The van der Waals surface area contributed by atoms with Crippen molar-refractivity contribution in [2.75, 3.05) is 18.0 Å². The molecule has 0 atom stereocenters. The summed E-state index contributed by atoms with van der Waals surface area (Å²) in [6, 6.07) is 6.58. The van der Waals surface area contributed by atoms with E-state index < -0.39 is 0 Å². The Bertz CT molecular complexity index is 924. The summed E-state index contributed by atoms with van der Waals surface area (Å²) in [5, 5.41) is 1.17. The second-order valence-electron chi connectivity index (χ2n) is 7.20. The number of hydrogen-bond acceptors (Lipinski definition) is 3. The molecule has 0 saturated carbocycles. The van der Waals surface area contributed by atoms with Gasteiger partial charge in [0.15, 0.2) is 5.65 Å². The molecule has 4 nitrogen and oxygen atoms in total. The SMILES string of the molecule is CC.CCCCN(CC)c1nc(C)nc2c1c(C)cn2-c1ccc(C)cc1C. The Hall–Kier alpha value is -2.36. The van der Waals surface area contributed by atoms with Crippen LogP contribution >= 0.6 is 0 Å². The minimum Gasteiger partial charge on any atom is -0.356 e. The molecule has 4 heteroatoms. The summed E-state index contributed by atoms with van der Waals surface area (Å²) in [5.74, 6) is 1.90. The van der Waals surface area contributed by atoms with E-state index in [1.54, 1.807) is 0 Å². The lowest BCUT2D eigenvalue weighted by Crippen LogP contribution is -2.25. The van der Waals surface area contributed by atoms with E-state index in [1.807, 2.05) is 20.8 Å². The molecule has 3 aromatic rings. The zero-order valence-electron chi connectivity index (χ0n) is 18.9. The fourth-order valence-electron chi connectivity index (χ4n) is 3.64. The molecule has 0 N–H and O–H groups in total. The van der Waals surface area contributed by atoms with E-state index in [9.17, 15) is 0 Å². The van der Waals surface area contributed by atoms with Gasteiger partial charge in [-0.3, -0.25) is 0 Å². The molecule has 0 aliphatic carbocycles. The zero-order chi connectivity index (χ0) is 20.8. The number of unbranched alkanes of at least 4 members (excludes halogenated alkanes) is 1. The highest BCUT2D eigenvalue weighted by molar-refractivity contribution is 5.92. The molecule has 0 aliphatic rings. The average Bonchev–Trinajstić information content (AvgIpc) is 3.00. The second kappa shape index (κ2) is 9.72. The van der Waals surface area contributed by atoms with Gasteiger partial charge in [0.2, 0.25) is 0 Å². The topological polar surface area (TPSA) is 34.0 Å². The van der Waals surface area contributed by atoms with Crippen molar-refractivity contribution in [3.8, 4) is 5.69 Å². The largest absolute Gasteiger partial charge is 0.356 e. The number of benzene rings is 1. The summed E-state index contributed by atoms with van der Waals surface area (Å²) in [6.07, 6.45) is 4.56. The Morgan fingerprint density at radius 3 is 2.29 bits per heavy atom. The monoisotopic (exact) mass is 380 g/mol. The predicted molar refractivity (Wildman–Crippen MR) is 122 cm³/mol. The fraction of sp³-hybridized carbons (Fsp3) is 0.500. The van der Waals surface area contributed by atoms with Crippen molar-refractivity contribution >= 4 is 16.9 Å². The van der Waals surface area contributed by atoms with Crippen LogP contribution in [0, 0.1) is 27.7 Å². The first-order chi connectivity index (χ1) is 13.5. The van der Waals surface area contributed by atoms with Crippen LogP contribution in [0.5, 0.6) is 0 Å². The molecular formula is C24H36N4. The van der Waals surface area contributed by atoms with Crippen LogP contribution in [0.3, 0.4) is 0 Å². The van der Waals surface area contributed by atoms with Gasteiger partial charge >= 0.3 is 0 Å². The fourth-order valence-corrected chi connectivity index (χ4v) is 3.64. The van der Waals surface area contributed by atoms with Gasteiger partial charge in [0.1, 0.15) is 11.6 Å². The highest BCUT2D eigenvalue weighted by Gasteiger charge is 2.19. The Labute approximate surface area is 170 Å². The van der Waals surface area contributed by atoms with Crippen molar-refractivity contribution in [2.24, 2.45) is 0 Å². The van der Waals surface area contributed by atoms with Crippen molar-refractivity contribution in [1.29, 1.82) is 0 Å². The summed E-state index contributed by atoms with van der Waals surface area (Å²) < 4.78 is 2.23. The Kier molecular flexibility index (Phi) is 7.61. The van der Waals surface area contributed by atoms with Gasteiger partial charge in [0.05, 0.1) is 5.39 Å². The lowest BCUT2D eigenvalue weighted by Gasteiger charge is -2.23. The highest BCUT2D eigenvalue weighted by Crippen LogP contribution is 2.31. The van der Waals surface area contributed by atoms with Gasteiger partial charge in [-0.1, -0.05) is 44.9 Å². The molecule has 0 aliphatic heterocycles. The normalized spacial score (nSPS) is 10.7. The van der Waals surface area contributed by atoms with Gasteiger partial charge in [-0.15, -0.1) is 0 Å². The zero-order valence-corrected chi connectivity index (χ0v) is 18.9. The van der Waals surface area contributed by atoms with Crippen molar-refractivity contribution in [1.82, 2.24) is 14.5 Å². The van der Waals surface area contributed by atoms with Gasteiger partial charge in [0, 0.05) is 25.0 Å². The third-order valence-corrected chi connectivity index (χ3v) is 5.00. The molecule has 0 spiro atoms. The molecule has 2 heterocycles. The Balaban J connectivity index is 0.00000136. The third-order valence-electron chi connectivity index (χ3n) is 5.00. The van der Waals surface area contributed by atoms with Gasteiger partial charge in [-0.05, 0) is 58.2 Å². The molecule has 0 amide bonds. The summed E-state index contributed by atoms with van der Waals surface area (Å²) in [6.45, 7) is 18.9. The number of rotatable bonds is 6. The van der Waals surface area contributed by atoms with Crippen LogP contribution in [0.15, 0.2) is 24.4 Å². The van der Waals surface area contributed by atoms with Crippen LogP contribution in [-0.4, -0.2) is 27.6 Å². The van der Waals surface area contributed by atoms with E-state index in [0.717, 1.165) is 30.4 Å². The van der Waals surface area contributed by atoms with Crippen LogP contribution < -0.4 is 4.90 Å². The number of nitrogens with zero attached hydrogens (tertiary/aromatic N) is 4. The lowest BCUT2D eigenvalue weighted by atomic mass is 10.1. The molecule has 1 aromatic carbocycles. The summed E-state index contributed by atoms with van der Waals surface area (Å²) in [4.78, 5) is 12.0. The lowest BCUT2D eigenvalue weighted by molar-refractivity contribution is 0.724. The number of aryl methyl sites for hydroxylation is 4. The third kappa shape index (κ3) is 4.37. The summed E-state index contributed by atoms with van der Waals surface area (Å²) in [5.41, 5.74) is 5.96. The Morgan fingerprint density at radius 1 is 0.964 bits per heavy atom. The maximum Gasteiger partial charge on any atom is 0.150 e. The van der Waals surface area contributed by atoms with Crippen LogP contribution in [0.2, 0.25) is 0 Å². The molecule has 0 fully saturated rings. The molecule has 0 bridgehead atoms. The first kappa shape index (κ1) is 21.9. The molecule has 0 unspecified atom stereocenters. The first-order valence-corrected chi connectivity index (χ1v) is 10.6. The van der Waals surface area contributed by atoms with E-state index >= 15 is 0 Å². The van der Waals surface area contributed by atoms with E-state index in [2.05, 4.69) is 68.5 Å². The van der Waals surface area contributed by atoms with E-state index in [0.29, 0.717) is 0 Å². The molecule has 152 valence electrons. The van der Waals surface area contributed by atoms with Crippen LogP contribution in [0.1, 0.15) is 63.1 Å². The first-order valence-electron chi connectivity index (χ1n) is 10.6. The number of fused-ring (bicyclic) bond motifs is 1. The van der Waals surface area contributed by atoms with Gasteiger partial charge in [-0.25, -0.2) is 9.97 Å². The maximum absolute atomic E-state index is 4.83. The summed E-state index contributed by atoms with van der Waals surface area (Å²) in [7, 11) is 0. The highest BCUT2D eigenvalue weighted by atomic mass is 15.2. The van der Waals surface area contributed by atoms with Gasteiger partial charge in [-0.2, -0.15) is 0 Å². The quantitative estimate of drug-likeness (QED) is 0.503. The molecule has 0 saturated heterocycles. The van der Waals surface area contributed by atoms with Crippen molar-refractivity contribution in [3.05, 3.63) is 46.9 Å². The minimum atomic E-state index is 0.826. The van der Waals surface area contributed by atoms with Crippen LogP contribution in [-0.2, 0) is 0 Å².